The molecular weight excluding hydrogens is 352 g/mol. The Hall–Kier alpha value is -3.33. The molecule has 0 saturated carbocycles. The maximum atomic E-state index is 11.6. The normalized spacial score (nSPS) is 11.6. The van der Waals surface area contributed by atoms with E-state index < -0.39 is 9.84 Å². The third-order valence-electron chi connectivity index (χ3n) is 3.92. The van der Waals surface area contributed by atoms with Gasteiger partial charge in [-0.25, -0.2) is 18.1 Å². The second kappa shape index (κ2) is 6.19. The molecule has 2 aromatic heterocycles. The highest BCUT2D eigenvalue weighted by Crippen LogP contribution is 2.23. The van der Waals surface area contributed by atoms with Crippen molar-refractivity contribution in [2.24, 2.45) is 0 Å². The van der Waals surface area contributed by atoms with E-state index in [-0.39, 0.29) is 4.90 Å². The summed E-state index contributed by atoms with van der Waals surface area (Å²) in [5.74, 6) is 0.722. The van der Waals surface area contributed by atoms with Crippen molar-refractivity contribution in [2.75, 3.05) is 6.26 Å². The van der Waals surface area contributed by atoms with E-state index in [2.05, 4.69) is 20.5 Å². The van der Waals surface area contributed by atoms with E-state index >= 15 is 0 Å². The summed E-state index contributed by atoms with van der Waals surface area (Å²) in [5, 5.41) is 11.1. The maximum Gasteiger partial charge on any atom is 0.175 e. The second-order valence-corrected chi connectivity index (χ2v) is 7.70. The number of sulfone groups is 1. The molecule has 0 atom stereocenters. The molecule has 4 rings (SSSR count). The first-order valence-corrected chi connectivity index (χ1v) is 9.59. The molecular formula is C17H14N6O2S. The van der Waals surface area contributed by atoms with E-state index in [0.29, 0.717) is 0 Å². The number of imidazole rings is 1. The van der Waals surface area contributed by atoms with Gasteiger partial charge in [0.2, 0.25) is 0 Å². The van der Waals surface area contributed by atoms with Crippen molar-refractivity contribution < 1.29 is 8.42 Å². The van der Waals surface area contributed by atoms with Gasteiger partial charge in [-0.1, -0.05) is 0 Å². The molecule has 0 aliphatic rings. The zero-order valence-corrected chi connectivity index (χ0v) is 14.6. The van der Waals surface area contributed by atoms with Crippen LogP contribution in [-0.2, 0) is 9.84 Å². The fourth-order valence-electron chi connectivity index (χ4n) is 2.62. The Morgan fingerprint density at radius 3 is 2.23 bits per heavy atom. The lowest BCUT2D eigenvalue weighted by Crippen LogP contribution is -2.00. The zero-order valence-electron chi connectivity index (χ0n) is 13.8. The average Bonchev–Trinajstić information content (AvgIpc) is 3.33. The van der Waals surface area contributed by atoms with E-state index in [1.807, 2.05) is 35.0 Å². The van der Waals surface area contributed by atoms with Crippen molar-refractivity contribution in [1.29, 1.82) is 0 Å². The van der Waals surface area contributed by atoms with Gasteiger partial charge in [0, 0.05) is 29.9 Å². The van der Waals surface area contributed by atoms with Crippen LogP contribution >= 0.6 is 0 Å². The number of rotatable bonds is 4. The van der Waals surface area contributed by atoms with Crippen LogP contribution in [0.25, 0.3) is 22.8 Å². The average molecular weight is 366 g/mol. The maximum absolute atomic E-state index is 11.6. The minimum atomic E-state index is -3.22. The first-order valence-electron chi connectivity index (χ1n) is 7.70. The topological polar surface area (TPSA) is 95.6 Å². The van der Waals surface area contributed by atoms with Crippen molar-refractivity contribution in [3.63, 3.8) is 0 Å². The van der Waals surface area contributed by atoms with E-state index in [9.17, 15) is 8.42 Å². The Morgan fingerprint density at radius 1 is 0.923 bits per heavy atom. The van der Waals surface area contributed by atoms with Crippen LogP contribution in [-0.4, -0.2) is 44.4 Å². The van der Waals surface area contributed by atoms with Crippen LogP contribution in [0.4, 0.5) is 0 Å². The quantitative estimate of drug-likeness (QED) is 0.547. The van der Waals surface area contributed by atoms with Gasteiger partial charge in [0.15, 0.2) is 9.84 Å². The Bertz CT molecular complexity index is 1130. The van der Waals surface area contributed by atoms with Crippen LogP contribution in [0.1, 0.15) is 0 Å². The molecule has 0 bridgehead atoms. The zero-order chi connectivity index (χ0) is 18.1. The van der Waals surface area contributed by atoms with Crippen LogP contribution < -0.4 is 0 Å². The molecule has 0 fully saturated rings. The molecule has 0 saturated heterocycles. The van der Waals surface area contributed by atoms with E-state index in [1.54, 1.807) is 35.1 Å². The van der Waals surface area contributed by atoms with Gasteiger partial charge in [-0.3, -0.25) is 4.57 Å². The molecule has 2 heterocycles. The summed E-state index contributed by atoms with van der Waals surface area (Å²) < 4.78 is 26.7. The predicted octanol–water partition coefficient (Wildman–Crippen LogP) is 1.92. The third kappa shape index (κ3) is 3.00. The first kappa shape index (κ1) is 16.2. The fourth-order valence-corrected chi connectivity index (χ4v) is 3.25. The molecule has 0 amide bonds. The molecule has 130 valence electrons. The summed E-state index contributed by atoms with van der Waals surface area (Å²) in [6.07, 6.45) is 6.27. The van der Waals surface area contributed by atoms with Gasteiger partial charge in [-0.05, 0) is 59.0 Å². The Kier molecular flexibility index (Phi) is 3.85. The van der Waals surface area contributed by atoms with Crippen LogP contribution in [0.2, 0.25) is 0 Å². The number of aromatic nitrogens is 6. The van der Waals surface area contributed by atoms with Crippen molar-refractivity contribution >= 4 is 9.84 Å². The second-order valence-electron chi connectivity index (χ2n) is 5.69. The summed E-state index contributed by atoms with van der Waals surface area (Å²) in [6.45, 7) is 0. The van der Waals surface area contributed by atoms with Crippen molar-refractivity contribution in [3.8, 4) is 22.8 Å². The lowest BCUT2D eigenvalue weighted by molar-refractivity contribution is 0.602. The van der Waals surface area contributed by atoms with Crippen LogP contribution in [0.15, 0.2) is 72.1 Å². The highest BCUT2D eigenvalue weighted by atomic mass is 32.2. The molecule has 0 N–H and O–H groups in total. The number of hydrogen-bond donors (Lipinski definition) is 0. The van der Waals surface area contributed by atoms with Gasteiger partial charge in [-0.2, -0.15) is 0 Å². The Balaban J connectivity index is 1.69. The van der Waals surface area contributed by atoms with Crippen LogP contribution in [0.5, 0.6) is 0 Å². The van der Waals surface area contributed by atoms with Crippen molar-refractivity contribution in [1.82, 2.24) is 29.8 Å². The summed E-state index contributed by atoms with van der Waals surface area (Å²) in [5.41, 5.74) is 2.59. The number of benzene rings is 2. The van der Waals surface area contributed by atoms with Crippen molar-refractivity contribution in [3.05, 3.63) is 67.3 Å². The molecule has 26 heavy (non-hydrogen) atoms. The van der Waals surface area contributed by atoms with Gasteiger partial charge >= 0.3 is 0 Å². The summed E-state index contributed by atoms with van der Waals surface area (Å²) in [7, 11) is -3.22. The Morgan fingerprint density at radius 2 is 1.62 bits per heavy atom. The standard InChI is InChI=1S/C17H14N6O2S/c1-26(24,25)16-8-2-13(3-9-16)17-18-10-11-22(17)14-4-6-15(7-5-14)23-12-19-20-21-23/h2-12H,1H3. The smallest absolute Gasteiger partial charge is 0.175 e. The number of hydrogen-bond acceptors (Lipinski definition) is 6. The largest absolute Gasteiger partial charge is 0.300 e. The SMILES string of the molecule is CS(=O)(=O)c1ccc(-c2nccn2-c2ccc(-n3cnnn3)cc2)cc1. The first-order chi connectivity index (χ1) is 12.5. The lowest BCUT2D eigenvalue weighted by Gasteiger charge is -2.09. The van der Waals surface area contributed by atoms with Gasteiger partial charge in [-0.15, -0.1) is 5.10 Å². The molecule has 0 spiro atoms. The highest BCUT2D eigenvalue weighted by molar-refractivity contribution is 7.90. The minimum Gasteiger partial charge on any atom is -0.300 e. The third-order valence-corrected chi connectivity index (χ3v) is 5.05. The lowest BCUT2D eigenvalue weighted by atomic mass is 10.2. The van der Waals surface area contributed by atoms with E-state index in [0.717, 1.165) is 22.8 Å². The highest BCUT2D eigenvalue weighted by Gasteiger charge is 2.11. The molecule has 9 heteroatoms. The summed E-state index contributed by atoms with van der Waals surface area (Å²) in [6, 6.07) is 14.4. The van der Waals surface area contributed by atoms with Gasteiger partial charge in [0.1, 0.15) is 12.2 Å². The number of nitrogens with zero attached hydrogens (tertiary/aromatic N) is 6. The Labute approximate surface area is 149 Å². The molecule has 0 unspecified atom stereocenters. The number of tetrazole rings is 1. The van der Waals surface area contributed by atoms with Crippen LogP contribution in [0.3, 0.4) is 0 Å². The van der Waals surface area contributed by atoms with Gasteiger partial charge in [0.05, 0.1) is 10.6 Å². The molecule has 0 radical (unpaired) electrons. The van der Waals surface area contributed by atoms with Gasteiger partial charge in [0.25, 0.3) is 0 Å². The van der Waals surface area contributed by atoms with Crippen molar-refractivity contribution in [2.45, 2.75) is 4.90 Å². The molecule has 0 aliphatic carbocycles. The fraction of sp³-hybridized carbons (Fsp3) is 0.0588. The predicted molar refractivity (Wildman–Crippen MR) is 94.8 cm³/mol. The molecule has 4 aromatic rings. The van der Waals surface area contributed by atoms with E-state index in [1.165, 1.54) is 12.6 Å². The minimum absolute atomic E-state index is 0.283. The molecule has 8 nitrogen and oxygen atoms in total. The molecule has 2 aromatic carbocycles. The monoisotopic (exact) mass is 366 g/mol. The van der Waals surface area contributed by atoms with Crippen LogP contribution in [0, 0.1) is 0 Å². The van der Waals surface area contributed by atoms with E-state index in [4.69, 9.17) is 0 Å². The summed E-state index contributed by atoms with van der Waals surface area (Å²) in [4.78, 5) is 4.69. The summed E-state index contributed by atoms with van der Waals surface area (Å²) >= 11 is 0. The van der Waals surface area contributed by atoms with Gasteiger partial charge < -0.3 is 0 Å². The molecule has 0 aliphatic heterocycles.